The molecule has 1 saturated heterocycles. The van der Waals surface area contributed by atoms with Crippen LogP contribution in [0.1, 0.15) is 176 Å². The molecule has 6 heteroatoms. The molecule has 1 heterocycles. The SMILES string of the molecule is CCCCCCCCCCCCCCCCCCCCCCC1OC(C)(C)OC1C(O[Si](C)(C)C(C)(C)C)C(=O)O. The summed E-state index contributed by atoms with van der Waals surface area (Å²) >= 11 is 0. The van der Waals surface area contributed by atoms with E-state index in [1.165, 1.54) is 116 Å². The maximum Gasteiger partial charge on any atom is 0.334 e. The Hall–Kier alpha value is -0.433. The molecule has 1 aliphatic heterocycles. The third-order valence-electron chi connectivity index (χ3n) is 9.33. The molecular formula is C35H70O5Si. The van der Waals surface area contributed by atoms with E-state index in [2.05, 4.69) is 40.8 Å². The van der Waals surface area contributed by atoms with Crippen LogP contribution in [-0.2, 0) is 18.7 Å². The van der Waals surface area contributed by atoms with Crippen molar-refractivity contribution in [2.24, 2.45) is 0 Å². The number of aliphatic carboxylic acids is 1. The summed E-state index contributed by atoms with van der Waals surface area (Å²) in [5, 5.41) is 9.98. The van der Waals surface area contributed by atoms with E-state index in [-0.39, 0.29) is 11.1 Å². The van der Waals surface area contributed by atoms with Gasteiger partial charge in [-0.1, -0.05) is 156 Å². The van der Waals surface area contributed by atoms with E-state index in [9.17, 15) is 9.90 Å². The molecule has 0 amide bonds. The zero-order chi connectivity index (χ0) is 30.8. The molecule has 1 fully saturated rings. The van der Waals surface area contributed by atoms with Gasteiger partial charge in [0.25, 0.3) is 0 Å². The Balaban J connectivity index is 2.13. The lowest BCUT2D eigenvalue weighted by Crippen LogP contribution is -2.52. The van der Waals surface area contributed by atoms with Crippen LogP contribution in [0.5, 0.6) is 0 Å². The first-order valence-corrected chi connectivity index (χ1v) is 20.5. The predicted octanol–water partition coefficient (Wildman–Crippen LogP) is 11.2. The summed E-state index contributed by atoms with van der Waals surface area (Å²) in [4.78, 5) is 12.3. The highest BCUT2D eigenvalue weighted by Crippen LogP contribution is 2.40. The Bertz CT molecular complexity index is 672. The quantitative estimate of drug-likeness (QED) is 0.0836. The van der Waals surface area contributed by atoms with E-state index in [0.717, 1.165) is 19.3 Å². The number of ether oxygens (including phenoxy) is 2. The van der Waals surface area contributed by atoms with Crippen molar-refractivity contribution in [3.05, 3.63) is 0 Å². The molecule has 0 aromatic heterocycles. The van der Waals surface area contributed by atoms with Gasteiger partial charge in [0.15, 0.2) is 20.2 Å². The molecule has 1 aliphatic rings. The van der Waals surface area contributed by atoms with Crippen molar-refractivity contribution in [3.63, 3.8) is 0 Å². The Labute approximate surface area is 256 Å². The van der Waals surface area contributed by atoms with Crippen LogP contribution >= 0.6 is 0 Å². The standard InChI is InChI=1S/C35H70O5Si/c1-9-10-11-12-13-14-15-16-17-18-19-20-21-22-23-24-25-26-27-28-29-30-31(39-35(5,6)38-30)32(33(36)37)40-41(7,8)34(2,3)4/h30-32H,9-29H2,1-8H3,(H,36,37). The van der Waals surface area contributed by atoms with Crippen LogP contribution in [0.4, 0.5) is 0 Å². The first-order chi connectivity index (χ1) is 19.3. The van der Waals surface area contributed by atoms with Crippen molar-refractivity contribution >= 4 is 14.3 Å². The van der Waals surface area contributed by atoms with Gasteiger partial charge in [-0.05, 0) is 38.4 Å². The van der Waals surface area contributed by atoms with Gasteiger partial charge >= 0.3 is 5.97 Å². The summed E-state index contributed by atoms with van der Waals surface area (Å²) in [6.45, 7) is 16.6. The number of carbonyl (C=O) groups is 1. The molecule has 1 N–H and O–H groups in total. The highest BCUT2D eigenvalue weighted by molar-refractivity contribution is 6.74. The first-order valence-electron chi connectivity index (χ1n) is 17.6. The summed E-state index contributed by atoms with van der Waals surface area (Å²) < 4.78 is 18.7. The molecule has 5 nitrogen and oxygen atoms in total. The molecular weight excluding hydrogens is 528 g/mol. The van der Waals surface area contributed by atoms with Gasteiger partial charge in [-0.15, -0.1) is 0 Å². The van der Waals surface area contributed by atoms with Crippen molar-refractivity contribution in [1.29, 1.82) is 0 Å². The fourth-order valence-electron chi connectivity index (χ4n) is 5.70. The molecule has 0 aliphatic carbocycles. The van der Waals surface area contributed by atoms with E-state index in [1.54, 1.807) is 0 Å². The van der Waals surface area contributed by atoms with Gasteiger partial charge in [0.1, 0.15) is 6.10 Å². The molecule has 3 unspecified atom stereocenters. The summed E-state index contributed by atoms with van der Waals surface area (Å²) in [5.41, 5.74) is 0. The van der Waals surface area contributed by atoms with E-state index < -0.39 is 32.3 Å². The predicted molar refractivity (Wildman–Crippen MR) is 176 cm³/mol. The van der Waals surface area contributed by atoms with Crippen LogP contribution in [0.25, 0.3) is 0 Å². The number of hydrogen-bond acceptors (Lipinski definition) is 4. The minimum Gasteiger partial charge on any atom is -0.479 e. The average Bonchev–Trinajstić information content (AvgIpc) is 3.19. The van der Waals surface area contributed by atoms with Crippen LogP contribution in [0.3, 0.4) is 0 Å². The maximum absolute atomic E-state index is 12.3. The molecule has 3 atom stereocenters. The van der Waals surface area contributed by atoms with Crippen LogP contribution in [0, 0.1) is 0 Å². The minimum absolute atomic E-state index is 0.0716. The molecule has 41 heavy (non-hydrogen) atoms. The van der Waals surface area contributed by atoms with Gasteiger partial charge in [-0.2, -0.15) is 0 Å². The van der Waals surface area contributed by atoms with Crippen molar-refractivity contribution < 1.29 is 23.8 Å². The Morgan fingerprint density at radius 3 is 1.44 bits per heavy atom. The number of rotatable bonds is 25. The summed E-state index contributed by atoms with van der Waals surface area (Å²) in [6, 6.07) is 0. The third-order valence-corrected chi connectivity index (χ3v) is 13.8. The maximum atomic E-state index is 12.3. The first kappa shape index (κ1) is 38.6. The van der Waals surface area contributed by atoms with Crippen LogP contribution < -0.4 is 0 Å². The summed E-state index contributed by atoms with van der Waals surface area (Å²) in [6.07, 6.45) is 26.3. The Kier molecular flexibility index (Phi) is 19.3. The number of carboxylic acid groups (broad SMARTS) is 1. The number of hydrogen-bond donors (Lipinski definition) is 1. The fraction of sp³-hybridized carbons (Fsp3) is 0.971. The topological polar surface area (TPSA) is 65.0 Å². The van der Waals surface area contributed by atoms with Crippen LogP contribution in [0.2, 0.25) is 18.1 Å². The van der Waals surface area contributed by atoms with Gasteiger partial charge in [0.05, 0.1) is 6.10 Å². The molecule has 0 saturated carbocycles. The van der Waals surface area contributed by atoms with E-state index in [0.29, 0.717) is 0 Å². The Morgan fingerprint density at radius 2 is 1.10 bits per heavy atom. The minimum atomic E-state index is -2.27. The second kappa shape index (κ2) is 20.5. The van der Waals surface area contributed by atoms with E-state index in [4.69, 9.17) is 13.9 Å². The fourth-order valence-corrected chi connectivity index (χ4v) is 6.92. The van der Waals surface area contributed by atoms with Gasteiger partial charge < -0.3 is 19.0 Å². The third kappa shape index (κ3) is 16.8. The molecule has 0 spiro atoms. The van der Waals surface area contributed by atoms with Crippen LogP contribution in [-0.4, -0.2) is 43.5 Å². The van der Waals surface area contributed by atoms with Gasteiger partial charge in [0.2, 0.25) is 0 Å². The Morgan fingerprint density at radius 1 is 0.732 bits per heavy atom. The van der Waals surface area contributed by atoms with Gasteiger partial charge in [0, 0.05) is 0 Å². The van der Waals surface area contributed by atoms with Gasteiger partial charge in [-0.25, -0.2) is 4.79 Å². The van der Waals surface area contributed by atoms with Crippen molar-refractivity contribution in [2.75, 3.05) is 0 Å². The van der Waals surface area contributed by atoms with Gasteiger partial charge in [-0.3, -0.25) is 0 Å². The number of carboxylic acids is 1. The van der Waals surface area contributed by atoms with Crippen molar-refractivity contribution in [3.8, 4) is 0 Å². The largest absolute Gasteiger partial charge is 0.479 e. The van der Waals surface area contributed by atoms with Crippen molar-refractivity contribution in [2.45, 2.75) is 219 Å². The molecule has 0 bridgehead atoms. The molecule has 244 valence electrons. The summed E-state index contributed by atoms with van der Waals surface area (Å²) in [5.74, 6) is -1.73. The summed E-state index contributed by atoms with van der Waals surface area (Å²) in [7, 11) is -2.27. The molecule has 0 radical (unpaired) electrons. The lowest BCUT2D eigenvalue weighted by atomic mass is 10.0. The molecule has 1 rings (SSSR count). The monoisotopic (exact) mass is 598 g/mol. The molecule has 0 aromatic carbocycles. The second-order valence-corrected chi connectivity index (χ2v) is 19.5. The van der Waals surface area contributed by atoms with E-state index >= 15 is 0 Å². The second-order valence-electron chi connectivity index (χ2n) is 14.8. The van der Waals surface area contributed by atoms with Crippen LogP contribution in [0.15, 0.2) is 0 Å². The lowest BCUT2D eigenvalue weighted by Gasteiger charge is -2.39. The number of unbranched alkanes of at least 4 members (excludes halogenated alkanes) is 19. The highest BCUT2D eigenvalue weighted by Gasteiger charge is 2.51. The van der Waals surface area contributed by atoms with E-state index in [1.807, 2.05) is 13.8 Å². The van der Waals surface area contributed by atoms with Crippen molar-refractivity contribution in [1.82, 2.24) is 0 Å². The molecule has 0 aromatic rings. The highest BCUT2D eigenvalue weighted by atomic mass is 28.4. The zero-order valence-electron chi connectivity index (χ0n) is 28.7. The average molecular weight is 599 g/mol. The zero-order valence-corrected chi connectivity index (χ0v) is 29.7. The lowest BCUT2D eigenvalue weighted by molar-refractivity contribution is -0.167. The smallest absolute Gasteiger partial charge is 0.334 e. The normalized spacial score (nSPS) is 20.0.